The Balaban J connectivity index is 1.46. The number of anilines is 1. The molecule has 3 heterocycles. The van der Waals surface area contributed by atoms with Gasteiger partial charge in [-0.1, -0.05) is 31.2 Å². The molecule has 0 N–H and O–H groups in total. The zero-order chi connectivity index (χ0) is 25.4. The first-order chi connectivity index (χ1) is 17.3. The van der Waals surface area contributed by atoms with Gasteiger partial charge >= 0.3 is 0 Å². The summed E-state index contributed by atoms with van der Waals surface area (Å²) in [4.78, 5) is 32.5. The minimum Gasteiger partial charge on any atom is -0.544 e. The number of furan rings is 1. The first-order valence-corrected chi connectivity index (χ1v) is 13.3. The molecule has 0 spiro atoms. The van der Waals surface area contributed by atoms with Crippen molar-refractivity contribution in [1.29, 1.82) is 0 Å². The third kappa shape index (κ3) is 4.67. The van der Waals surface area contributed by atoms with E-state index in [1.165, 1.54) is 0 Å². The molecule has 0 atom stereocenters. The van der Waals surface area contributed by atoms with Crippen LogP contribution in [-0.2, 0) is 4.79 Å². The highest BCUT2D eigenvalue weighted by molar-refractivity contribution is 7.18. The van der Waals surface area contributed by atoms with Crippen LogP contribution in [0.5, 0.6) is 0 Å². The maximum atomic E-state index is 13.5. The van der Waals surface area contributed by atoms with Gasteiger partial charge < -0.3 is 19.2 Å². The predicted molar refractivity (Wildman–Crippen MR) is 141 cm³/mol. The number of pyridine rings is 1. The van der Waals surface area contributed by atoms with Crippen LogP contribution < -0.4 is 10.0 Å². The summed E-state index contributed by atoms with van der Waals surface area (Å²) in [5, 5.41) is 12.1. The second kappa shape index (κ2) is 9.90. The average molecular weight is 502 g/mol. The Kier molecular flexibility index (Phi) is 6.67. The number of rotatable bonds is 6. The summed E-state index contributed by atoms with van der Waals surface area (Å²) >= 11 is 1.15. The minimum atomic E-state index is -1.26. The van der Waals surface area contributed by atoms with Crippen LogP contribution >= 0.6 is 11.3 Å². The monoisotopic (exact) mass is 501 g/mol. The first-order valence-electron chi connectivity index (χ1n) is 12.5. The summed E-state index contributed by atoms with van der Waals surface area (Å²) in [7, 11) is 0. The Morgan fingerprint density at radius 1 is 1.06 bits per heavy atom. The van der Waals surface area contributed by atoms with E-state index < -0.39 is 5.97 Å². The molecule has 3 aromatic heterocycles. The Morgan fingerprint density at radius 3 is 2.39 bits per heavy atom. The second-order valence-electron chi connectivity index (χ2n) is 9.95. The molecule has 0 unspecified atom stereocenters. The fourth-order valence-corrected chi connectivity index (χ4v) is 6.00. The van der Waals surface area contributed by atoms with E-state index in [9.17, 15) is 14.7 Å². The average Bonchev–Trinajstić information content (AvgIpc) is 3.49. The largest absolute Gasteiger partial charge is 0.544 e. The third-order valence-corrected chi connectivity index (χ3v) is 8.17. The molecular weight excluding hydrogens is 472 g/mol. The number of nitrogens with zero attached hydrogens (tertiary/aromatic N) is 2. The summed E-state index contributed by atoms with van der Waals surface area (Å²) in [6, 6.07) is 15.0. The highest BCUT2D eigenvalue weighted by Gasteiger charge is 2.32. The molecule has 1 aromatic carbocycles. The molecule has 1 fully saturated rings. The second-order valence-corrected chi connectivity index (χ2v) is 11.0. The van der Waals surface area contributed by atoms with E-state index in [0.29, 0.717) is 11.6 Å². The molecule has 6 nitrogen and oxygen atoms in total. The van der Waals surface area contributed by atoms with Gasteiger partial charge in [0.15, 0.2) is 5.58 Å². The quantitative estimate of drug-likeness (QED) is 0.316. The maximum Gasteiger partial charge on any atom is 0.230 e. The molecule has 7 heteroatoms. The molecule has 0 saturated heterocycles. The molecule has 1 aliphatic carbocycles. The van der Waals surface area contributed by atoms with Gasteiger partial charge in [-0.2, -0.15) is 0 Å². The number of fused-ring (bicyclic) bond motifs is 1. The van der Waals surface area contributed by atoms with Crippen molar-refractivity contribution in [3.63, 3.8) is 0 Å². The van der Waals surface area contributed by atoms with Gasteiger partial charge in [0.05, 0.1) is 16.5 Å². The molecule has 1 aliphatic rings. The lowest BCUT2D eigenvalue weighted by Gasteiger charge is -2.33. The SMILES string of the molecule is CC1CCC(C(=O)N(c2cc(-c3ccc(-c4cc5ncccc5o4)cc3)sc2C(=O)[O-])C(C)C)CC1. The van der Waals surface area contributed by atoms with Gasteiger partial charge in [0, 0.05) is 34.7 Å². The number of carboxylic acids is 1. The zero-order valence-corrected chi connectivity index (χ0v) is 21.5. The van der Waals surface area contributed by atoms with Gasteiger partial charge in [-0.25, -0.2) is 0 Å². The summed E-state index contributed by atoms with van der Waals surface area (Å²) in [6.07, 6.45) is 5.48. The topological polar surface area (TPSA) is 86.5 Å². The van der Waals surface area contributed by atoms with Crippen molar-refractivity contribution in [3.8, 4) is 21.8 Å². The highest BCUT2D eigenvalue weighted by atomic mass is 32.1. The Hall–Kier alpha value is -3.45. The normalized spacial score (nSPS) is 18.0. The van der Waals surface area contributed by atoms with Crippen molar-refractivity contribution in [2.24, 2.45) is 11.8 Å². The molecule has 0 radical (unpaired) electrons. The van der Waals surface area contributed by atoms with E-state index in [1.807, 2.05) is 62.4 Å². The Bertz CT molecular complexity index is 1360. The smallest absolute Gasteiger partial charge is 0.230 e. The number of carbonyl (C=O) groups excluding carboxylic acids is 2. The standard InChI is InChI=1S/C29H30N2O4S/c1-17(2)31(28(32)21-8-6-18(3)7-9-21)23-16-26(36-27(23)29(33)34)20-12-10-19(11-13-20)25-15-22-24(35-25)5-4-14-30-22/h4-5,10-18,21H,6-9H2,1-3H3,(H,33,34)/p-1. The van der Waals surface area contributed by atoms with Gasteiger partial charge in [-0.3, -0.25) is 9.78 Å². The molecule has 0 bridgehead atoms. The van der Waals surface area contributed by atoms with E-state index in [4.69, 9.17) is 4.42 Å². The molecule has 5 rings (SSSR count). The van der Waals surface area contributed by atoms with Crippen LogP contribution in [0.15, 0.2) is 59.1 Å². The van der Waals surface area contributed by atoms with E-state index in [1.54, 1.807) is 11.1 Å². The molecule has 1 saturated carbocycles. The molecule has 0 aliphatic heterocycles. The summed E-state index contributed by atoms with van der Waals surface area (Å²) in [6.45, 7) is 6.07. The van der Waals surface area contributed by atoms with E-state index in [0.717, 1.165) is 69.9 Å². The van der Waals surface area contributed by atoms with Crippen molar-refractivity contribution in [2.45, 2.75) is 52.5 Å². The van der Waals surface area contributed by atoms with Crippen LogP contribution in [0.4, 0.5) is 5.69 Å². The molecule has 186 valence electrons. The third-order valence-electron chi connectivity index (χ3n) is 7.02. The van der Waals surface area contributed by atoms with Crippen molar-refractivity contribution >= 4 is 40.0 Å². The van der Waals surface area contributed by atoms with Gasteiger partial charge in [0.2, 0.25) is 5.91 Å². The number of hydrogen-bond donors (Lipinski definition) is 0. The van der Waals surface area contributed by atoms with Crippen LogP contribution in [0.1, 0.15) is 56.1 Å². The van der Waals surface area contributed by atoms with Crippen molar-refractivity contribution in [1.82, 2.24) is 4.98 Å². The summed E-state index contributed by atoms with van der Waals surface area (Å²) < 4.78 is 5.91. The van der Waals surface area contributed by atoms with Crippen molar-refractivity contribution in [3.05, 3.63) is 59.6 Å². The van der Waals surface area contributed by atoms with E-state index in [-0.39, 0.29) is 22.7 Å². The maximum absolute atomic E-state index is 13.5. The lowest BCUT2D eigenvalue weighted by molar-refractivity contribution is -0.254. The van der Waals surface area contributed by atoms with Gasteiger partial charge in [-0.05, 0) is 69.2 Å². The van der Waals surface area contributed by atoms with Crippen LogP contribution in [0.3, 0.4) is 0 Å². The molecule has 36 heavy (non-hydrogen) atoms. The lowest BCUT2D eigenvalue weighted by atomic mass is 9.82. The fourth-order valence-electron chi connectivity index (χ4n) is 5.01. The Labute approximate surface area is 214 Å². The lowest BCUT2D eigenvalue weighted by Crippen LogP contribution is -2.43. The number of aromatic nitrogens is 1. The summed E-state index contributed by atoms with van der Waals surface area (Å²) in [5.74, 6) is 0.0305. The molecule has 1 amide bonds. The van der Waals surface area contributed by atoms with Crippen LogP contribution in [-0.4, -0.2) is 22.9 Å². The highest BCUT2D eigenvalue weighted by Crippen LogP contribution is 2.40. The van der Waals surface area contributed by atoms with Crippen LogP contribution in [0.2, 0.25) is 0 Å². The first kappa shape index (κ1) is 24.3. The van der Waals surface area contributed by atoms with Gasteiger partial charge in [0.25, 0.3) is 0 Å². The molecule has 4 aromatic rings. The number of aromatic carboxylic acids is 1. The van der Waals surface area contributed by atoms with Gasteiger partial charge in [0.1, 0.15) is 11.3 Å². The fraction of sp³-hybridized carbons (Fsp3) is 0.345. The number of carboxylic acid groups (broad SMARTS) is 1. The Morgan fingerprint density at radius 2 is 1.75 bits per heavy atom. The zero-order valence-electron chi connectivity index (χ0n) is 20.7. The van der Waals surface area contributed by atoms with Crippen LogP contribution in [0.25, 0.3) is 32.9 Å². The predicted octanol–water partition coefficient (Wildman–Crippen LogP) is 6.15. The van der Waals surface area contributed by atoms with E-state index in [2.05, 4.69) is 11.9 Å². The van der Waals surface area contributed by atoms with Crippen molar-refractivity contribution < 1.29 is 19.1 Å². The number of thiophene rings is 1. The van der Waals surface area contributed by atoms with Crippen LogP contribution in [0, 0.1) is 11.8 Å². The van der Waals surface area contributed by atoms with Gasteiger partial charge in [-0.15, -0.1) is 11.3 Å². The number of carbonyl (C=O) groups is 2. The minimum absolute atomic E-state index is 0.0117. The van der Waals surface area contributed by atoms with E-state index >= 15 is 0 Å². The number of hydrogen-bond acceptors (Lipinski definition) is 6. The summed E-state index contributed by atoms with van der Waals surface area (Å²) in [5.41, 5.74) is 3.72. The molecular formula is C29H29N2O4S-. The number of benzene rings is 1. The number of amides is 1. The van der Waals surface area contributed by atoms with Crippen molar-refractivity contribution in [2.75, 3.05) is 4.90 Å².